The Morgan fingerprint density at radius 1 is 1.06 bits per heavy atom. The molecule has 0 unspecified atom stereocenters. The summed E-state index contributed by atoms with van der Waals surface area (Å²) in [6.07, 6.45) is 0. The maximum Gasteiger partial charge on any atom is 0.216 e. The molecule has 2 N–H and O–H groups in total. The number of hydrogen-bond acceptors (Lipinski definition) is 3. The molecule has 0 aliphatic heterocycles. The highest BCUT2D eigenvalue weighted by molar-refractivity contribution is 5.22. The van der Waals surface area contributed by atoms with E-state index in [-0.39, 0.29) is 5.88 Å². The normalized spacial score (nSPS) is 10.2. The average molecular weight is 232 g/mol. The molecule has 0 aliphatic rings. The molecule has 0 atom stereocenters. The lowest BCUT2D eigenvalue weighted by Gasteiger charge is -2.05. The third-order valence-electron chi connectivity index (χ3n) is 2.33. The SMILES string of the molecule is NCc1ccc(COc2cccc(F)n2)cc1. The van der Waals surface area contributed by atoms with Gasteiger partial charge in [-0.1, -0.05) is 30.3 Å². The van der Waals surface area contributed by atoms with Crippen molar-refractivity contribution < 1.29 is 9.13 Å². The van der Waals surface area contributed by atoms with Crippen LogP contribution in [0.15, 0.2) is 42.5 Å². The van der Waals surface area contributed by atoms with Crippen LogP contribution in [-0.2, 0) is 13.2 Å². The number of halogens is 1. The van der Waals surface area contributed by atoms with Gasteiger partial charge in [0.15, 0.2) is 0 Å². The first-order valence-corrected chi connectivity index (χ1v) is 5.31. The molecule has 0 spiro atoms. The highest BCUT2D eigenvalue weighted by atomic mass is 19.1. The van der Waals surface area contributed by atoms with Crippen molar-refractivity contribution in [2.45, 2.75) is 13.2 Å². The molecule has 0 saturated heterocycles. The van der Waals surface area contributed by atoms with Gasteiger partial charge in [0.25, 0.3) is 0 Å². The van der Waals surface area contributed by atoms with Crippen LogP contribution in [0.4, 0.5) is 4.39 Å². The lowest BCUT2D eigenvalue weighted by molar-refractivity contribution is 0.289. The van der Waals surface area contributed by atoms with Crippen molar-refractivity contribution >= 4 is 0 Å². The zero-order chi connectivity index (χ0) is 12.1. The fourth-order valence-corrected chi connectivity index (χ4v) is 1.40. The summed E-state index contributed by atoms with van der Waals surface area (Å²) >= 11 is 0. The molecule has 1 heterocycles. The topological polar surface area (TPSA) is 48.1 Å². The molecule has 4 heteroatoms. The van der Waals surface area contributed by atoms with Crippen molar-refractivity contribution in [3.63, 3.8) is 0 Å². The van der Waals surface area contributed by atoms with E-state index in [1.165, 1.54) is 6.07 Å². The second-order valence-electron chi connectivity index (χ2n) is 3.61. The van der Waals surface area contributed by atoms with E-state index in [4.69, 9.17) is 10.5 Å². The monoisotopic (exact) mass is 232 g/mol. The van der Waals surface area contributed by atoms with E-state index in [0.29, 0.717) is 13.2 Å². The standard InChI is InChI=1S/C13H13FN2O/c14-12-2-1-3-13(16-12)17-9-11-6-4-10(8-15)5-7-11/h1-7H,8-9,15H2. The van der Waals surface area contributed by atoms with Crippen LogP contribution in [0.1, 0.15) is 11.1 Å². The number of nitrogens with zero attached hydrogens (tertiary/aromatic N) is 1. The van der Waals surface area contributed by atoms with E-state index < -0.39 is 5.95 Å². The van der Waals surface area contributed by atoms with E-state index in [1.54, 1.807) is 12.1 Å². The van der Waals surface area contributed by atoms with Crippen LogP contribution in [0.5, 0.6) is 5.88 Å². The Labute approximate surface area is 99.1 Å². The Balaban J connectivity index is 1.97. The fraction of sp³-hybridized carbons (Fsp3) is 0.154. The second kappa shape index (κ2) is 5.41. The minimum absolute atomic E-state index is 0.285. The molecule has 2 rings (SSSR count). The summed E-state index contributed by atoms with van der Waals surface area (Å²) in [7, 11) is 0. The Morgan fingerprint density at radius 2 is 1.76 bits per heavy atom. The minimum Gasteiger partial charge on any atom is -0.473 e. The van der Waals surface area contributed by atoms with Crippen LogP contribution in [0.2, 0.25) is 0 Å². The van der Waals surface area contributed by atoms with Crippen molar-refractivity contribution in [1.82, 2.24) is 4.98 Å². The van der Waals surface area contributed by atoms with Crippen LogP contribution in [0.25, 0.3) is 0 Å². The number of benzene rings is 1. The zero-order valence-corrected chi connectivity index (χ0v) is 9.27. The Kier molecular flexibility index (Phi) is 3.67. The van der Waals surface area contributed by atoms with Gasteiger partial charge < -0.3 is 10.5 Å². The first-order valence-electron chi connectivity index (χ1n) is 5.31. The quantitative estimate of drug-likeness (QED) is 0.822. The molecule has 88 valence electrons. The van der Waals surface area contributed by atoms with E-state index >= 15 is 0 Å². The van der Waals surface area contributed by atoms with E-state index in [0.717, 1.165) is 11.1 Å². The van der Waals surface area contributed by atoms with Gasteiger partial charge in [0.2, 0.25) is 11.8 Å². The molecule has 0 fully saturated rings. The van der Waals surface area contributed by atoms with Gasteiger partial charge in [0.1, 0.15) is 6.61 Å². The van der Waals surface area contributed by atoms with Crippen LogP contribution < -0.4 is 10.5 Å². The fourth-order valence-electron chi connectivity index (χ4n) is 1.40. The predicted molar refractivity (Wildman–Crippen MR) is 62.9 cm³/mol. The van der Waals surface area contributed by atoms with E-state index in [1.807, 2.05) is 24.3 Å². The first kappa shape index (κ1) is 11.5. The smallest absolute Gasteiger partial charge is 0.216 e. The van der Waals surface area contributed by atoms with Crippen LogP contribution in [-0.4, -0.2) is 4.98 Å². The number of aromatic nitrogens is 1. The molecule has 3 nitrogen and oxygen atoms in total. The summed E-state index contributed by atoms with van der Waals surface area (Å²) in [5.41, 5.74) is 7.56. The summed E-state index contributed by atoms with van der Waals surface area (Å²) < 4.78 is 18.2. The minimum atomic E-state index is -0.541. The maximum atomic E-state index is 12.8. The van der Waals surface area contributed by atoms with Crippen LogP contribution >= 0.6 is 0 Å². The molecular formula is C13H13FN2O. The molecule has 17 heavy (non-hydrogen) atoms. The first-order chi connectivity index (χ1) is 8.28. The second-order valence-corrected chi connectivity index (χ2v) is 3.61. The largest absolute Gasteiger partial charge is 0.473 e. The third-order valence-corrected chi connectivity index (χ3v) is 2.33. The predicted octanol–water partition coefficient (Wildman–Crippen LogP) is 2.26. The molecule has 0 amide bonds. The zero-order valence-electron chi connectivity index (χ0n) is 9.27. The number of nitrogens with two attached hydrogens (primary N) is 1. The van der Waals surface area contributed by atoms with Crippen molar-refractivity contribution in [1.29, 1.82) is 0 Å². The highest BCUT2D eigenvalue weighted by Crippen LogP contribution is 2.10. The van der Waals surface area contributed by atoms with Gasteiger partial charge in [-0.15, -0.1) is 0 Å². The summed E-state index contributed by atoms with van der Waals surface area (Å²) in [4.78, 5) is 3.61. The van der Waals surface area contributed by atoms with Gasteiger partial charge in [0.05, 0.1) is 0 Å². The van der Waals surface area contributed by atoms with Gasteiger partial charge in [-0.2, -0.15) is 9.37 Å². The average Bonchev–Trinajstić information content (AvgIpc) is 2.37. The van der Waals surface area contributed by atoms with Gasteiger partial charge in [0, 0.05) is 12.6 Å². The van der Waals surface area contributed by atoms with Crippen molar-refractivity contribution in [3.8, 4) is 5.88 Å². The summed E-state index contributed by atoms with van der Waals surface area (Å²) in [5, 5.41) is 0. The Morgan fingerprint density at radius 3 is 2.41 bits per heavy atom. The van der Waals surface area contributed by atoms with Crippen molar-refractivity contribution in [2.75, 3.05) is 0 Å². The van der Waals surface area contributed by atoms with E-state index in [2.05, 4.69) is 4.98 Å². The molecule has 0 bridgehead atoms. The van der Waals surface area contributed by atoms with Gasteiger partial charge >= 0.3 is 0 Å². The molecule has 0 saturated carbocycles. The third kappa shape index (κ3) is 3.26. The van der Waals surface area contributed by atoms with Crippen molar-refractivity contribution in [2.24, 2.45) is 5.73 Å². The van der Waals surface area contributed by atoms with E-state index in [9.17, 15) is 4.39 Å². The molecule has 2 aromatic rings. The summed E-state index contributed by atoms with van der Waals surface area (Å²) in [5.74, 6) is -0.256. The number of pyridine rings is 1. The van der Waals surface area contributed by atoms with Crippen LogP contribution in [0, 0.1) is 5.95 Å². The van der Waals surface area contributed by atoms with Crippen molar-refractivity contribution in [3.05, 3.63) is 59.5 Å². The summed E-state index contributed by atoms with van der Waals surface area (Å²) in [6, 6.07) is 12.2. The molecular weight excluding hydrogens is 219 g/mol. The molecule has 0 radical (unpaired) electrons. The lowest BCUT2D eigenvalue weighted by Crippen LogP contribution is -2.00. The summed E-state index contributed by atoms with van der Waals surface area (Å²) in [6.45, 7) is 0.883. The van der Waals surface area contributed by atoms with Gasteiger partial charge in [-0.05, 0) is 17.2 Å². The molecule has 1 aromatic carbocycles. The molecule has 0 aliphatic carbocycles. The molecule has 1 aromatic heterocycles. The highest BCUT2D eigenvalue weighted by Gasteiger charge is 1.99. The Hall–Kier alpha value is -1.94. The number of hydrogen-bond donors (Lipinski definition) is 1. The Bertz CT molecular complexity index is 485. The number of rotatable bonds is 4. The number of ether oxygens (including phenoxy) is 1. The lowest BCUT2D eigenvalue weighted by atomic mass is 10.1. The van der Waals surface area contributed by atoms with Gasteiger partial charge in [-0.3, -0.25) is 0 Å². The van der Waals surface area contributed by atoms with Gasteiger partial charge in [-0.25, -0.2) is 0 Å². The maximum absolute atomic E-state index is 12.8. The van der Waals surface area contributed by atoms with Crippen LogP contribution in [0.3, 0.4) is 0 Å².